The fourth-order valence-corrected chi connectivity index (χ4v) is 4.39. The summed E-state index contributed by atoms with van der Waals surface area (Å²) in [5, 5.41) is 11.1. The summed E-state index contributed by atoms with van der Waals surface area (Å²) >= 11 is 0. The number of aryl methyl sites for hydroxylation is 1. The average Bonchev–Trinajstić information content (AvgIpc) is 2.66. The fourth-order valence-electron chi connectivity index (χ4n) is 3.30. The van der Waals surface area contributed by atoms with Crippen molar-refractivity contribution < 1.29 is 23.0 Å². The van der Waals surface area contributed by atoms with E-state index in [1.807, 2.05) is 12.1 Å². The lowest BCUT2D eigenvalue weighted by Gasteiger charge is -2.34. The van der Waals surface area contributed by atoms with Crippen molar-refractivity contribution in [1.82, 2.24) is 4.72 Å². The van der Waals surface area contributed by atoms with Gasteiger partial charge in [-0.1, -0.05) is 6.07 Å². The van der Waals surface area contributed by atoms with Crippen molar-refractivity contribution in [1.29, 1.82) is 0 Å². The lowest BCUT2D eigenvalue weighted by molar-refractivity contribution is 0.0242. The maximum Gasteiger partial charge on any atom is 0.240 e. The van der Waals surface area contributed by atoms with Gasteiger partial charge in [0, 0.05) is 6.54 Å². The number of hydrogen-bond donors (Lipinski definition) is 2. The van der Waals surface area contributed by atoms with Crippen molar-refractivity contribution in [2.75, 3.05) is 20.8 Å². The summed E-state index contributed by atoms with van der Waals surface area (Å²) in [7, 11) is -0.611. The summed E-state index contributed by atoms with van der Waals surface area (Å²) in [5.41, 5.74) is 0.503. The molecule has 7 heteroatoms. The quantitative estimate of drug-likeness (QED) is 0.806. The summed E-state index contributed by atoms with van der Waals surface area (Å²) in [6, 6.07) is 11.6. The van der Waals surface area contributed by atoms with E-state index >= 15 is 0 Å². The number of nitrogens with one attached hydrogen (secondary N) is 1. The highest BCUT2D eigenvalue weighted by Gasteiger charge is 2.35. The number of benzene rings is 2. The normalized spacial score (nSPS) is 19.7. The minimum absolute atomic E-state index is 0.0826. The first-order chi connectivity index (χ1) is 12.4. The first kappa shape index (κ1) is 18.7. The Balaban J connectivity index is 1.80. The molecule has 0 fully saturated rings. The van der Waals surface area contributed by atoms with Crippen molar-refractivity contribution in [3.63, 3.8) is 0 Å². The molecule has 0 saturated heterocycles. The lowest BCUT2D eigenvalue weighted by atomic mass is 9.79. The van der Waals surface area contributed by atoms with Crippen LogP contribution in [0, 0.1) is 0 Å². The Kier molecular flexibility index (Phi) is 5.22. The van der Waals surface area contributed by atoms with Gasteiger partial charge in [0.25, 0.3) is 0 Å². The van der Waals surface area contributed by atoms with Crippen molar-refractivity contribution in [3.05, 3.63) is 53.6 Å². The largest absolute Gasteiger partial charge is 0.497 e. The zero-order valence-electron chi connectivity index (χ0n) is 14.9. The minimum atomic E-state index is -3.73. The molecule has 0 aliphatic heterocycles. The number of sulfonamides is 1. The van der Waals surface area contributed by atoms with Crippen LogP contribution in [0.1, 0.15) is 24.0 Å². The van der Waals surface area contributed by atoms with Gasteiger partial charge in [-0.15, -0.1) is 0 Å². The SMILES string of the molecule is COc1ccc(S(=O)(=O)NCC2(O)CCCc3cc(OC)ccc32)cc1. The van der Waals surface area contributed by atoms with E-state index < -0.39 is 15.6 Å². The van der Waals surface area contributed by atoms with Gasteiger partial charge in [-0.2, -0.15) is 0 Å². The molecule has 0 aromatic heterocycles. The highest BCUT2D eigenvalue weighted by molar-refractivity contribution is 7.89. The predicted molar refractivity (Wildman–Crippen MR) is 98.0 cm³/mol. The van der Waals surface area contributed by atoms with Crippen LogP contribution in [0.4, 0.5) is 0 Å². The third kappa shape index (κ3) is 3.70. The summed E-state index contributed by atoms with van der Waals surface area (Å²) < 4.78 is 37.9. The molecule has 0 saturated carbocycles. The van der Waals surface area contributed by atoms with Crippen LogP contribution in [-0.4, -0.2) is 34.3 Å². The zero-order chi connectivity index (χ0) is 18.8. The second kappa shape index (κ2) is 7.26. The van der Waals surface area contributed by atoms with Gasteiger partial charge in [0.1, 0.15) is 17.1 Å². The molecule has 3 rings (SSSR count). The Morgan fingerprint density at radius 1 is 1.08 bits per heavy atom. The van der Waals surface area contributed by atoms with Crippen molar-refractivity contribution in [2.24, 2.45) is 0 Å². The minimum Gasteiger partial charge on any atom is -0.497 e. The third-order valence-corrected chi connectivity index (χ3v) is 6.19. The highest BCUT2D eigenvalue weighted by atomic mass is 32.2. The molecular weight excluding hydrogens is 354 g/mol. The number of aliphatic hydroxyl groups is 1. The Labute approximate surface area is 153 Å². The summed E-state index contributed by atoms with van der Waals surface area (Å²) in [6.45, 7) is -0.0826. The van der Waals surface area contributed by atoms with Crippen LogP contribution in [-0.2, 0) is 22.0 Å². The Morgan fingerprint density at radius 2 is 1.73 bits per heavy atom. The first-order valence-electron chi connectivity index (χ1n) is 8.41. The molecule has 2 N–H and O–H groups in total. The molecule has 2 aromatic carbocycles. The fraction of sp³-hybridized carbons (Fsp3) is 0.368. The van der Waals surface area contributed by atoms with Gasteiger partial charge in [0.2, 0.25) is 10.0 Å². The smallest absolute Gasteiger partial charge is 0.240 e. The molecule has 1 unspecified atom stereocenters. The topological polar surface area (TPSA) is 84.9 Å². The van der Waals surface area contributed by atoms with E-state index in [1.165, 1.54) is 19.2 Å². The summed E-state index contributed by atoms with van der Waals surface area (Å²) in [5.74, 6) is 1.31. The van der Waals surface area contributed by atoms with Gasteiger partial charge in [0.15, 0.2) is 0 Å². The first-order valence-corrected chi connectivity index (χ1v) is 9.90. The monoisotopic (exact) mass is 377 g/mol. The van der Waals surface area contributed by atoms with Crippen LogP contribution in [0.5, 0.6) is 11.5 Å². The predicted octanol–water partition coefficient (Wildman–Crippen LogP) is 2.21. The molecular formula is C19H23NO5S. The number of rotatable bonds is 6. The molecule has 0 bridgehead atoms. The Hall–Kier alpha value is -2.09. The Bertz CT molecular complexity index is 879. The molecule has 140 valence electrons. The maximum absolute atomic E-state index is 12.5. The van der Waals surface area contributed by atoms with Crippen LogP contribution in [0.15, 0.2) is 47.4 Å². The van der Waals surface area contributed by atoms with Crippen LogP contribution in [0.3, 0.4) is 0 Å². The molecule has 2 aromatic rings. The van der Waals surface area contributed by atoms with Gasteiger partial charge < -0.3 is 14.6 Å². The van der Waals surface area contributed by atoms with E-state index in [2.05, 4.69) is 4.72 Å². The Morgan fingerprint density at radius 3 is 2.38 bits per heavy atom. The summed E-state index contributed by atoms with van der Waals surface area (Å²) in [6.07, 6.45) is 2.11. The molecule has 1 aliphatic carbocycles. The third-order valence-electron chi connectivity index (χ3n) is 4.77. The van der Waals surface area contributed by atoms with Gasteiger partial charge in [-0.3, -0.25) is 0 Å². The van der Waals surface area contributed by atoms with E-state index in [0.717, 1.165) is 29.7 Å². The molecule has 0 heterocycles. The van der Waals surface area contributed by atoms with E-state index in [-0.39, 0.29) is 11.4 Å². The molecule has 6 nitrogen and oxygen atoms in total. The average molecular weight is 377 g/mol. The lowest BCUT2D eigenvalue weighted by Crippen LogP contribution is -2.42. The number of fused-ring (bicyclic) bond motifs is 1. The van der Waals surface area contributed by atoms with Crippen LogP contribution < -0.4 is 14.2 Å². The highest BCUT2D eigenvalue weighted by Crippen LogP contribution is 2.36. The van der Waals surface area contributed by atoms with Crippen LogP contribution >= 0.6 is 0 Å². The number of methoxy groups -OCH3 is 2. The van der Waals surface area contributed by atoms with E-state index in [0.29, 0.717) is 12.2 Å². The molecule has 0 spiro atoms. The van der Waals surface area contributed by atoms with Crippen LogP contribution in [0.2, 0.25) is 0 Å². The van der Waals surface area contributed by atoms with Crippen LogP contribution in [0.25, 0.3) is 0 Å². The van der Waals surface area contributed by atoms with Gasteiger partial charge in [-0.05, 0) is 66.8 Å². The van der Waals surface area contributed by atoms with Crippen molar-refractivity contribution >= 4 is 10.0 Å². The van der Waals surface area contributed by atoms with E-state index in [4.69, 9.17) is 9.47 Å². The van der Waals surface area contributed by atoms with E-state index in [9.17, 15) is 13.5 Å². The summed E-state index contributed by atoms with van der Waals surface area (Å²) in [4.78, 5) is 0.132. The van der Waals surface area contributed by atoms with Gasteiger partial charge in [0.05, 0.1) is 19.1 Å². The molecule has 0 radical (unpaired) electrons. The molecule has 0 amide bonds. The molecule has 1 atom stereocenters. The second-order valence-electron chi connectivity index (χ2n) is 6.41. The second-order valence-corrected chi connectivity index (χ2v) is 8.18. The molecule has 26 heavy (non-hydrogen) atoms. The van der Waals surface area contributed by atoms with Crippen molar-refractivity contribution in [3.8, 4) is 11.5 Å². The van der Waals surface area contributed by atoms with Gasteiger partial charge >= 0.3 is 0 Å². The van der Waals surface area contributed by atoms with E-state index in [1.54, 1.807) is 25.3 Å². The number of ether oxygens (including phenoxy) is 2. The maximum atomic E-state index is 12.5. The standard InChI is InChI=1S/C19H23NO5S/c1-24-15-5-8-17(9-6-15)26(22,23)20-13-19(21)11-3-4-14-12-16(25-2)7-10-18(14)19/h5-10,12,20-21H,3-4,11,13H2,1-2H3. The number of hydrogen-bond acceptors (Lipinski definition) is 5. The zero-order valence-corrected chi connectivity index (χ0v) is 15.7. The van der Waals surface area contributed by atoms with Gasteiger partial charge in [-0.25, -0.2) is 13.1 Å². The van der Waals surface area contributed by atoms with Crippen molar-refractivity contribution in [2.45, 2.75) is 29.8 Å². The molecule has 1 aliphatic rings.